The summed E-state index contributed by atoms with van der Waals surface area (Å²) in [5.74, 6) is -0.331. The van der Waals surface area contributed by atoms with E-state index in [4.69, 9.17) is 10.5 Å². The Hall–Kier alpha value is -1.13. The number of carbonyl (C=O) groups excluding carboxylic acids is 1. The molecule has 24 heavy (non-hydrogen) atoms. The third-order valence-corrected chi connectivity index (χ3v) is 6.18. The number of amides is 1. The average molecular weight is 381 g/mol. The number of nitrogens with zero attached hydrogens (tertiary/aromatic N) is 2. The van der Waals surface area contributed by atoms with Crippen LogP contribution in [-0.4, -0.2) is 62.6 Å². The highest BCUT2D eigenvalue weighted by Gasteiger charge is 2.37. The van der Waals surface area contributed by atoms with Crippen LogP contribution in [0.15, 0.2) is 17.2 Å². The summed E-state index contributed by atoms with van der Waals surface area (Å²) in [5, 5.41) is 2.50. The van der Waals surface area contributed by atoms with Gasteiger partial charge in [-0.3, -0.25) is 4.79 Å². The topological polar surface area (TPSA) is 107 Å². The molecule has 1 amide bonds. The van der Waals surface area contributed by atoms with Gasteiger partial charge in [-0.2, -0.15) is 4.31 Å². The molecule has 1 fully saturated rings. The van der Waals surface area contributed by atoms with Crippen LogP contribution in [0.2, 0.25) is 0 Å². The van der Waals surface area contributed by atoms with Crippen molar-refractivity contribution in [3.05, 3.63) is 18.0 Å². The predicted octanol–water partition coefficient (Wildman–Crippen LogP) is -0.0667. The Kier molecular flexibility index (Phi) is 7.24. The van der Waals surface area contributed by atoms with Gasteiger partial charge in [0.25, 0.3) is 5.91 Å². The highest BCUT2D eigenvalue weighted by molar-refractivity contribution is 7.89. The standard InChI is InChI=1S/C14H24N4O4S.ClH/c1-16-14(19)13-7-12(9-17(13)2)23(20,21)18-5-4-11(22-3)6-10(18)8-15;/h7,9-11H,4-6,8,15H2,1-3H3,(H,16,19);1H. The number of sulfonamides is 1. The van der Waals surface area contributed by atoms with E-state index in [1.807, 2.05) is 0 Å². The molecule has 1 saturated heterocycles. The molecule has 1 aliphatic heterocycles. The molecule has 10 heteroatoms. The van der Waals surface area contributed by atoms with E-state index in [2.05, 4.69) is 5.32 Å². The van der Waals surface area contributed by atoms with Gasteiger partial charge in [0.15, 0.2) is 0 Å². The van der Waals surface area contributed by atoms with Gasteiger partial charge in [0, 0.05) is 46.5 Å². The number of carbonyl (C=O) groups is 1. The molecule has 1 aromatic rings. The number of hydrogen-bond acceptors (Lipinski definition) is 5. The summed E-state index contributed by atoms with van der Waals surface area (Å²) in [6, 6.07) is 1.09. The van der Waals surface area contributed by atoms with Gasteiger partial charge in [-0.25, -0.2) is 8.42 Å². The van der Waals surface area contributed by atoms with Gasteiger partial charge in [0.1, 0.15) is 10.6 Å². The second-order valence-corrected chi connectivity index (χ2v) is 7.53. The predicted molar refractivity (Wildman–Crippen MR) is 92.8 cm³/mol. The fourth-order valence-corrected chi connectivity index (χ4v) is 4.63. The number of ether oxygens (including phenoxy) is 1. The van der Waals surface area contributed by atoms with Crippen molar-refractivity contribution in [2.24, 2.45) is 12.8 Å². The molecule has 138 valence electrons. The number of nitrogens with one attached hydrogen (secondary N) is 1. The van der Waals surface area contributed by atoms with Crippen LogP contribution in [0, 0.1) is 0 Å². The van der Waals surface area contributed by atoms with Crippen molar-refractivity contribution in [3.63, 3.8) is 0 Å². The maximum Gasteiger partial charge on any atom is 0.267 e. The lowest BCUT2D eigenvalue weighted by Gasteiger charge is -2.37. The van der Waals surface area contributed by atoms with Crippen LogP contribution in [0.25, 0.3) is 0 Å². The van der Waals surface area contributed by atoms with Crippen LogP contribution in [-0.2, 0) is 21.8 Å². The van der Waals surface area contributed by atoms with Crippen molar-refractivity contribution in [3.8, 4) is 0 Å². The molecule has 0 bridgehead atoms. The summed E-state index contributed by atoms with van der Waals surface area (Å²) >= 11 is 0. The molecule has 2 rings (SSSR count). The van der Waals surface area contributed by atoms with Gasteiger partial charge in [-0.15, -0.1) is 12.4 Å². The molecule has 8 nitrogen and oxygen atoms in total. The Morgan fingerprint density at radius 3 is 2.71 bits per heavy atom. The second kappa shape index (κ2) is 8.30. The molecule has 0 saturated carbocycles. The van der Waals surface area contributed by atoms with Crippen LogP contribution < -0.4 is 11.1 Å². The number of halogens is 1. The van der Waals surface area contributed by atoms with Crippen molar-refractivity contribution in [2.45, 2.75) is 29.9 Å². The minimum atomic E-state index is -3.70. The number of aryl methyl sites for hydroxylation is 1. The Labute approximate surface area is 148 Å². The minimum absolute atomic E-state index is 0. The lowest BCUT2D eigenvalue weighted by atomic mass is 10.0. The maximum atomic E-state index is 12.9. The van der Waals surface area contributed by atoms with Gasteiger partial charge in [-0.1, -0.05) is 0 Å². The van der Waals surface area contributed by atoms with Gasteiger partial charge >= 0.3 is 0 Å². The van der Waals surface area contributed by atoms with Crippen molar-refractivity contribution in [1.29, 1.82) is 0 Å². The van der Waals surface area contributed by atoms with Crippen LogP contribution in [0.4, 0.5) is 0 Å². The molecule has 1 aromatic heterocycles. The number of rotatable bonds is 5. The van der Waals surface area contributed by atoms with Gasteiger partial charge in [-0.05, 0) is 18.9 Å². The van der Waals surface area contributed by atoms with Crippen LogP contribution >= 0.6 is 12.4 Å². The lowest BCUT2D eigenvalue weighted by Crippen LogP contribution is -2.50. The molecule has 0 aromatic carbocycles. The monoisotopic (exact) mass is 380 g/mol. The van der Waals surface area contributed by atoms with E-state index in [-0.39, 0.29) is 41.9 Å². The zero-order chi connectivity index (χ0) is 17.2. The molecular formula is C14H25ClN4O4S. The molecule has 1 aliphatic rings. The molecule has 2 atom stereocenters. The quantitative estimate of drug-likeness (QED) is 0.743. The summed E-state index contributed by atoms with van der Waals surface area (Å²) in [4.78, 5) is 11.9. The van der Waals surface area contributed by atoms with Gasteiger partial charge in [0.05, 0.1) is 6.10 Å². The molecule has 0 spiro atoms. The fourth-order valence-electron chi connectivity index (χ4n) is 2.90. The molecule has 2 heterocycles. The number of methoxy groups -OCH3 is 1. The van der Waals surface area contributed by atoms with E-state index < -0.39 is 10.0 Å². The Morgan fingerprint density at radius 1 is 1.50 bits per heavy atom. The zero-order valence-electron chi connectivity index (χ0n) is 14.1. The first-order valence-electron chi connectivity index (χ1n) is 7.48. The highest BCUT2D eigenvalue weighted by atomic mass is 35.5. The Morgan fingerprint density at radius 2 is 2.17 bits per heavy atom. The molecule has 0 radical (unpaired) electrons. The normalized spacial score (nSPS) is 22.0. The average Bonchev–Trinajstić information content (AvgIpc) is 2.96. The lowest BCUT2D eigenvalue weighted by molar-refractivity contribution is 0.0401. The van der Waals surface area contributed by atoms with E-state index in [0.29, 0.717) is 25.1 Å². The smallest absolute Gasteiger partial charge is 0.267 e. The highest BCUT2D eigenvalue weighted by Crippen LogP contribution is 2.27. The minimum Gasteiger partial charge on any atom is -0.381 e. The first-order chi connectivity index (χ1) is 10.8. The number of aromatic nitrogens is 1. The largest absolute Gasteiger partial charge is 0.381 e. The summed E-state index contributed by atoms with van der Waals surface area (Å²) in [5.41, 5.74) is 6.05. The fraction of sp³-hybridized carbons (Fsp3) is 0.643. The van der Waals surface area contributed by atoms with Crippen LogP contribution in [0.5, 0.6) is 0 Å². The van der Waals surface area contributed by atoms with E-state index >= 15 is 0 Å². The molecular weight excluding hydrogens is 356 g/mol. The Bertz CT molecular complexity index is 676. The van der Waals surface area contributed by atoms with Crippen molar-refractivity contribution < 1.29 is 17.9 Å². The number of piperidine rings is 1. The molecule has 2 unspecified atom stereocenters. The maximum absolute atomic E-state index is 12.9. The van der Waals surface area contributed by atoms with Gasteiger partial charge < -0.3 is 20.4 Å². The van der Waals surface area contributed by atoms with Crippen molar-refractivity contribution in [2.75, 3.05) is 27.2 Å². The molecule has 0 aliphatic carbocycles. The zero-order valence-corrected chi connectivity index (χ0v) is 15.7. The van der Waals surface area contributed by atoms with E-state index in [0.717, 1.165) is 0 Å². The first kappa shape index (κ1) is 20.9. The van der Waals surface area contributed by atoms with Crippen LogP contribution in [0.1, 0.15) is 23.3 Å². The summed E-state index contributed by atoms with van der Waals surface area (Å²) < 4.78 is 34.1. The number of nitrogens with two attached hydrogens (primary N) is 1. The van der Waals surface area contributed by atoms with Crippen molar-refractivity contribution >= 4 is 28.3 Å². The summed E-state index contributed by atoms with van der Waals surface area (Å²) in [6.45, 7) is 0.584. The van der Waals surface area contributed by atoms with Gasteiger partial charge in [0.2, 0.25) is 10.0 Å². The third-order valence-electron chi connectivity index (χ3n) is 4.27. The second-order valence-electron chi connectivity index (χ2n) is 5.64. The van der Waals surface area contributed by atoms with Crippen molar-refractivity contribution in [1.82, 2.24) is 14.2 Å². The number of hydrogen-bond donors (Lipinski definition) is 2. The SMILES string of the molecule is CNC(=O)c1cc(S(=O)(=O)N2CCC(OC)CC2CN)cn1C.Cl. The first-order valence-corrected chi connectivity index (χ1v) is 8.92. The Balaban J connectivity index is 0.00000288. The summed E-state index contributed by atoms with van der Waals surface area (Å²) in [6.07, 6.45) is 2.67. The van der Waals surface area contributed by atoms with E-state index in [9.17, 15) is 13.2 Å². The molecule has 3 N–H and O–H groups in total. The van der Waals surface area contributed by atoms with Crippen LogP contribution in [0.3, 0.4) is 0 Å². The third kappa shape index (κ3) is 3.92. The van der Waals surface area contributed by atoms with E-state index in [1.165, 1.54) is 28.2 Å². The van der Waals surface area contributed by atoms with E-state index in [1.54, 1.807) is 14.2 Å². The summed E-state index contributed by atoms with van der Waals surface area (Å²) in [7, 11) is 1.06.